The summed E-state index contributed by atoms with van der Waals surface area (Å²) in [5.41, 5.74) is 1.09. The molecule has 12 nitrogen and oxygen atoms in total. The number of carbonyl (C=O) groups is 3. The number of methoxy groups -OCH3 is 3. The molecule has 1 saturated carbocycles. The van der Waals surface area contributed by atoms with Crippen molar-refractivity contribution in [2.45, 2.75) is 87.5 Å². The first-order chi connectivity index (χ1) is 28.3. The van der Waals surface area contributed by atoms with Gasteiger partial charge in [0.2, 0.25) is 5.60 Å². The van der Waals surface area contributed by atoms with Crippen LogP contribution in [0.25, 0.3) is 10.9 Å². The maximum atomic E-state index is 15.3. The van der Waals surface area contributed by atoms with Crippen molar-refractivity contribution < 1.29 is 38.4 Å². The quantitative estimate of drug-likeness (QED) is 0.137. The number of nitrogens with zero attached hydrogens (tertiary/aromatic N) is 3. The molecule has 2 bridgehead atoms. The largest absolute Gasteiger partial charge is 0.496 e. The number of rotatable bonds is 7. The minimum absolute atomic E-state index is 0.0172. The van der Waals surface area contributed by atoms with E-state index in [0.717, 1.165) is 69.5 Å². The zero-order valence-electron chi connectivity index (χ0n) is 35.0. The molecular weight excluding hydrogens is 863 g/mol. The first kappa shape index (κ1) is 40.5. The Morgan fingerprint density at radius 1 is 1.02 bits per heavy atom. The highest BCUT2D eigenvalue weighted by Crippen LogP contribution is 2.68. The molecule has 2 N–H and O–H groups in total. The fourth-order valence-corrected chi connectivity index (χ4v) is 13.5. The molecule has 1 aliphatic carbocycles. The van der Waals surface area contributed by atoms with E-state index in [-0.39, 0.29) is 17.9 Å². The fraction of sp³-hybridized carbons (Fsp3) is 0.543. The van der Waals surface area contributed by atoms with Crippen molar-refractivity contribution >= 4 is 57.1 Å². The van der Waals surface area contributed by atoms with E-state index in [9.17, 15) is 14.7 Å². The Balaban J connectivity index is 1.38. The zero-order chi connectivity index (χ0) is 41.8. The molecular formula is C46H55IN4O8. The van der Waals surface area contributed by atoms with Gasteiger partial charge in [-0.15, -0.1) is 0 Å². The van der Waals surface area contributed by atoms with Crippen LogP contribution in [0.3, 0.4) is 0 Å². The highest BCUT2D eigenvalue weighted by Gasteiger charge is 2.80. The van der Waals surface area contributed by atoms with E-state index in [1.807, 2.05) is 24.9 Å². The predicted molar refractivity (Wildman–Crippen MR) is 232 cm³/mol. The number of aromatic nitrogens is 1. The first-order valence-electron chi connectivity index (χ1n) is 20.9. The van der Waals surface area contributed by atoms with Crippen LogP contribution < -0.4 is 9.64 Å². The number of likely N-dealkylation sites (N-methyl/N-ethyl adjacent to an activating group) is 1. The van der Waals surface area contributed by atoms with Crippen molar-refractivity contribution in [2.24, 2.45) is 11.3 Å². The Labute approximate surface area is 359 Å². The Hall–Kier alpha value is -3.92. The number of hydrogen-bond donors (Lipinski definition) is 2. The summed E-state index contributed by atoms with van der Waals surface area (Å²) >= 11 is 2.36. The Morgan fingerprint density at radius 3 is 2.49 bits per heavy atom. The summed E-state index contributed by atoms with van der Waals surface area (Å²) < 4.78 is 25.1. The number of aliphatic hydroxyl groups is 1. The van der Waals surface area contributed by atoms with Gasteiger partial charge >= 0.3 is 17.9 Å². The average Bonchev–Trinajstić information content (AvgIpc) is 3.89. The second kappa shape index (κ2) is 14.3. The van der Waals surface area contributed by atoms with Gasteiger partial charge in [0.1, 0.15) is 11.2 Å². The lowest BCUT2D eigenvalue weighted by Crippen LogP contribution is -2.81. The number of esters is 3. The summed E-state index contributed by atoms with van der Waals surface area (Å²) in [7, 11) is 6.25. The molecule has 1 unspecified atom stereocenters. The molecule has 6 heterocycles. The zero-order valence-corrected chi connectivity index (χ0v) is 37.2. The number of nitrogens with one attached hydrogen (secondary N) is 1. The van der Waals surface area contributed by atoms with Crippen molar-refractivity contribution in [1.29, 1.82) is 0 Å². The van der Waals surface area contributed by atoms with Crippen molar-refractivity contribution in [3.8, 4) is 5.75 Å². The summed E-state index contributed by atoms with van der Waals surface area (Å²) in [4.78, 5) is 53.5. The van der Waals surface area contributed by atoms with Gasteiger partial charge in [0.15, 0.2) is 6.10 Å². The molecule has 9 rings (SSSR count). The molecule has 314 valence electrons. The molecule has 1 saturated heterocycles. The van der Waals surface area contributed by atoms with Crippen LogP contribution >= 0.6 is 22.6 Å². The number of hydrogen-bond acceptors (Lipinski definition) is 11. The average molecular weight is 919 g/mol. The minimum atomic E-state index is -2.28. The first-order valence-corrected chi connectivity index (χ1v) is 22.0. The monoisotopic (exact) mass is 918 g/mol. The molecule has 13 heteroatoms. The molecule has 2 aromatic carbocycles. The highest BCUT2D eigenvalue weighted by molar-refractivity contribution is 14.1. The normalized spacial score (nSPS) is 34.4. The molecule has 0 radical (unpaired) electrons. The number of H-pyrrole nitrogens is 1. The third-order valence-electron chi connectivity index (χ3n) is 15.1. The summed E-state index contributed by atoms with van der Waals surface area (Å²) in [6, 6.07) is 9.32. The number of halogens is 1. The van der Waals surface area contributed by atoms with Crippen LogP contribution in [0, 0.1) is 14.9 Å². The Bertz CT molecular complexity index is 2320. The van der Waals surface area contributed by atoms with Gasteiger partial charge in [0, 0.05) is 94.5 Å². The van der Waals surface area contributed by atoms with Crippen LogP contribution in [-0.4, -0.2) is 123 Å². The number of ether oxygens (including phenoxy) is 4. The van der Waals surface area contributed by atoms with Crippen LogP contribution in [0.1, 0.15) is 68.8 Å². The lowest BCUT2D eigenvalue weighted by atomic mass is 9.47. The van der Waals surface area contributed by atoms with Gasteiger partial charge in [-0.3, -0.25) is 19.4 Å². The number of benzene rings is 2. The summed E-state index contributed by atoms with van der Waals surface area (Å²) in [5, 5.41) is 14.4. The van der Waals surface area contributed by atoms with Gasteiger partial charge in [-0.25, -0.2) is 4.79 Å². The van der Waals surface area contributed by atoms with Gasteiger partial charge in [0.25, 0.3) is 0 Å². The van der Waals surface area contributed by atoms with Crippen molar-refractivity contribution in [3.05, 3.63) is 80.1 Å². The second-order valence-corrected chi connectivity index (χ2v) is 18.9. The Morgan fingerprint density at radius 2 is 1.80 bits per heavy atom. The van der Waals surface area contributed by atoms with Gasteiger partial charge in [0.05, 0.1) is 27.4 Å². The number of aromatic amines is 1. The van der Waals surface area contributed by atoms with Crippen LogP contribution in [0.15, 0.2) is 54.1 Å². The van der Waals surface area contributed by atoms with Gasteiger partial charge in [-0.1, -0.05) is 37.6 Å². The third-order valence-corrected chi connectivity index (χ3v) is 15.8. The van der Waals surface area contributed by atoms with E-state index < -0.39 is 45.9 Å². The smallest absolute Gasteiger partial charge is 0.344 e. The van der Waals surface area contributed by atoms with Crippen LogP contribution in [0.4, 0.5) is 5.69 Å². The molecule has 1 aromatic heterocycles. The molecule has 2 fully saturated rings. The highest BCUT2D eigenvalue weighted by atomic mass is 127. The predicted octanol–water partition coefficient (Wildman–Crippen LogP) is 5.40. The SMILES string of the molecule is CCC1=C[C@H]2CN(CCc3c([nH]c4ccc(I)cc34)[C@@](C(=O)OC)(c3cc4c(cc3OC)N(C)[C@H]3[C@@](O)(C(=O)OC)[C@H](OC(C)=O)[C@]5(CC)C=CCN6CC[C@]43[C@@H]65)C2)C1. The van der Waals surface area contributed by atoms with E-state index >= 15 is 4.79 Å². The van der Waals surface area contributed by atoms with Crippen LogP contribution in [0.5, 0.6) is 5.75 Å². The minimum Gasteiger partial charge on any atom is -0.496 e. The van der Waals surface area contributed by atoms with Crippen molar-refractivity contribution in [1.82, 2.24) is 14.8 Å². The topological polar surface area (TPSA) is 134 Å². The maximum Gasteiger partial charge on any atom is 0.344 e. The number of carbonyl (C=O) groups excluding carboxylic acids is 3. The lowest BCUT2D eigenvalue weighted by molar-refractivity contribution is -0.228. The fourth-order valence-electron chi connectivity index (χ4n) is 13.1. The molecule has 3 aromatic rings. The van der Waals surface area contributed by atoms with Crippen molar-refractivity contribution in [3.63, 3.8) is 0 Å². The summed E-state index contributed by atoms with van der Waals surface area (Å²) in [5.74, 6) is -1.31. The number of fused-ring (bicyclic) bond motifs is 6. The lowest BCUT2D eigenvalue weighted by Gasteiger charge is -2.63. The standard InChI is InChI=1S/C46H55IN4O8/c1-8-27-19-28-23-45(41(53)57-6,37-30(13-17-50(24-27)25-28)31-20-29(47)11-12-34(31)48-37)33-21-32-35(22-36(33)56-5)49(4)39-44(32)15-18-51-16-10-14-43(9-2,38(44)51)40(59-26(3)52)46(39,55)42(54)58-7/h10-12,14,19-22,28,38-40,48,55H,8-9,13,15-18,23-25H2,1-7H3/t28-,38+,39-,40-,43-,44-,45+,46+/m1/s1. The van der Waals surface area contributed by atoms with Gasteiger partial charge in [-0.05, 0) is 103 Å². The summed E-state index contributed by atoms with van der Waals surface area (Å²) in [6.07, 6.45) is 8.42. The van der Waals surface area contributed by atoms with E-state index in [0.29, 0.717) is 43.7 Å². The molecule has 0 amide bonds. The second-order valence-electron chi connectivity index (χ2n) is 17.6. The van der Waals surface area contributed by atoms with E-state index in [1.165, 1.54) is 26.7 Å². The van der Waals surface area contributed by atoms with Gasteiger partial charge in [-0.2, -0.15) is 0 Å². The van der Waals surface area contributed by atoms with E-state index in [1.54, 1.807) is 7.11 Å². The molecule has 59 heavy (non-hydrogen) atoms. The molecule has 5 aliphatic heterocycles. The Kier molecular flexibility index (Phi) is 9.84. The summed E-state index contributed by atoms with van der Waals surface area (Å²) in [6.45, 7) is 9.43. The maximum absolute atomic E-state index is 15.3. The number of anilines is 1. The van der Waals surface area contributed by atoms with Crippen LogP contribution in [0.2, 0.25) is 0 Å². The molecule has 1 spiro atoms. The van der Waals surface area contributed by atoms with E-state index in [2.05, 4.69) is 86.8 Å². The molecule has 9 atom stereocenters. The van der Waals surface area contributed by atoms with Gasteiger partial charge < -0.3 is 33.9 Å². The van der Waals surface area contributed by atoms with Crippen LogP contribution in [-0.2, 0) is 45.8 Å². The van der Waals surface area contributed by atoms with E-state index in [4.69, 9.17) is 18.9 Å². The third kappa shape index (κ3) is 5.38. The molecule has 6 aliphatic rings. The van der Waals surface area contributed by atoms with Crippen molar-refractivity contribution in [2.75, 3.05) is 66.0 Å².